The van der Waals surface area contributed by atoms with Crippen LogP contribution in [0.1, 0.15) is 68.9 Å². The van der Waals surface area contributed by atoms with Crippen LogP contribution < -0.4 is 11.5 Å². The number of unbranched alkanes of at least 4 members (excludes halogenated alkanes) is 1. The Morgan fingerprint density at radius 2 is 1.45 bits per heavy atom. The van der Waals surface area contributed by atoms with Gasteiger partial charge in [-0.3, -0.25) is 4.79 Å². The van der Waals surface area contributed by atoms with Crippen LogP contribution in [0.4, 0.5) is 0 Å². The van der Waals surface area contributed by atoms with E-state index in [2.05, 4.69) is 0 Å². The zero-order valence-corrected chi connectivity index (χ0v) is 22.3. The van der Waals surface area contributed by atoms with Crippen molar-refractivity contribution in [2.24, 2.45) is 11.5 Å². The second-order valence-electron chi connectivity index (χ2n) is 11.4. The van der Waals surface area contributed by atoms with Crippen molar-refractivity contribution in [1.29, 1.82) is 0 Å². The summed E-state index contributed by atoms with van der Waals surface area (Å²) >= 11 is 0. The van der Waals surface area contributed by atoms with Crippen molar-refractivity contribution < 1.29 is 23.5 Å². The van der Waals surface area contributed by atoms with Crippen LogP contribution in [0.5, 0.6) is 0 Å². The highest BCUT2D eigenvalue weighted by molar-refractivity contribution is 5.90. The van der Waals surface area contributed by atoms with Gasteiger partial charge in [0.1, 0.15) is 12.1 Å². The van der Waals surface area contributed by atoms with Gasteiger partial charge in [0.25, 0.3) is 5.60 Å². The minimum Gasteiger partial charge on any atom is -0.458 e. The van der Waals surface area contributed by atoms with Gasteiger partial charge >= 0.3 is 11.9 Å². The summed E-state index contributed by atoms with van der Waals surface area (Å²) in [4.78, 5) is 27.7. The Kier molecular flexibility index (Phi) is 8.17. The summed E-state index contributed by atoms with van der Waals surface area (Å²) in [7, 11) is 0. The lowest BCUT2D eigenvalue weighted by molar-refractivity contribution is -0.956. The molecule has 5 rings (SSSR count). The Morgan fingerprint density at radius 1 is 0.895 bits per heavy atom. The zero-order chi connectivity index (χ0) is 26.6. The Morgan fingerprint density at radius 3 is 1.97 bits per heavy atom. The largest absolute Gasteiger partial charge is 0.458 e. The molecule has 3 saturated heterocycles. The third kappa shape index (κ3) is 4.99. The van der Waals surface area contributed by atoms with E-state index in [0.29, 0.717) is 42.6 Å². The van der Waals surface area contributed by atoms with Gasteiger partial charge in [-0.2, -0.15) is 0 Å². The van der Waals surface area contributed by atoms with E-state index in [4.69, 9.17) is 20.9 Å². The lowest BCUT2D eigenvalue weighted by Gasteiger charge is -2.47. The van der Waals surface area contributed by atoms with Crippen LogP contribution in [-0.2, 0) is 24.7 Å². The summed E-state index contributed by atoms with van der Waals surface area (Å²) in [5.74, 6) is -1.16. The van der Waals surface area contributed by atoms with Crippen LogP contribution in [0.2, 0.25) is 0 Å². The highest BCUT2D eigenvalue weighted by atomic mass is 16.6. The van der Waals surface area contributed by atoms with E-state index in [0.717, 1.165) is 19.3 Å². The molecule has 0 amide bonds. The second kappa shape index (κ2) is 11.6. The van der Waals surface area contributed by atoms with Crippen molar-refractivity contribution in [3.63, 3.8) is 0 Å². The van der Waals surface area contributed by atoms with Crippen molar-refractivity contribution in [3.8, 4) is 0 Å². The van der Waals surface area contributed by atoms with E-state index in [1.807, 2.05) is 60.7 Å². The molecule has 0 radical (unpaired) electrons. The molecular weight excluding hydrogens is 478 g/mol. The summed E-state index contributed by atoms with van der Waals surface area (Å²) in [6, 6.07) is 18.6. The molecule has 0 saturated carbocycles. The molecule has 7 heteroatoms. The van der Waals surface area contributed by atoms with Gasteiger partial charge in [-0.05, 0) is 19.4 Å². The first-order chi connectivity index (χ1) is 18.5. The number of rotatable bonds is 10. The second-order valence-corrected chi connectivity index (χ2v) is 11.4. The van der Waals surface area contributed by atoms with Crippen LogP contribution in [0, 0.1) is 0 Å². The lowest BCUT2D eigenvalue weighted by Crippen LogP contribution is -2.60. The summed E-state index contributed by atoms with van der Waals surface area (Å²) in [6.45, 7) is 3.05. The average Bonchev–Trinajstić information content (AvgIpc) is 3.49. The van der Waals surface area contributed by atoms with Crippen LogP contribution in [0.3, 0.4) is 0 Å². The Labute approximate surface area is 226 Å². The summed E-state index contributed by atoms with van der Waals surface area (Å²) in [5, 5.41) is 0. The van der Waals surface area contributed by atoms with Gasteiger partial charge in [-0.25, -0.2) is 4.79 Å². The average molecular weight is 521 g/mol. The number of carbonyl (C=O) groups excluding carboxylic acids is 2. The molecule has 1 spiro atoms. The number of quaternary nitrogens is 1. The van der Waals surface area contributed by atoms with Gasteiger partial charge in [-0.1, -0.05) is 67.1 Å². The van der Waals surface area contributed by atoms with Gasteiger partial charge in [-0.15, -0.1) is 0 Å². The quantitative estimate of drug-likeness (QED) is 0.281. The number of ether oxygens (including phenoxy) is 2. The molecule has 3 heterocycles. The normalized spacial score (nSPS) is 24.7. The molecule has 204 valence electrons. The first kappa shape index (κ1) is 26.9. The lowest BCUT2D eigenvalue weighted by atomic mass is 9.85. The highest BCUT2D eigenvalue weighted by Gasteiger charge is 2.57. The summed E-state index contributed by atoms with van der Waals surface area (Å²) < 4.78 is 13.8. The molecule has 3 aliphatic rings. The molecule has 2 unspecified atom stereocenters. The Balaban J connectivity index is 1.45. The fraction of sp³-hybridized carbons (Fsp3) is 0.548. The molecule has 3 aliphatic heterocycles. The molecular formula is C31H42N3O4+. The summed E-state index contributed by atoms with van der Waals surface area (Å²) in [5.41, 5.74) is 11.2. The van der Waals surface area contributed by atoms with E-state index in [1.165, 1.54) is 43.3 Å². The Hall–Kier alpha value is -2.74. The maximum Gasteiger partial charge on any atom is 0.360 e. The van der Waals surface area contributed by atoms with Crippen LogP contribution in [-0.4, -0.2) is 60.3 Å². The van der Waals surface area contributed by atoms with Crippen LogP contribution in [0.25, 0.3) is 0 Å². The number of hydrogen-bond donors (Lipinski definition) is 2. The van der Waals surface area contributed by atoms with Crippen molar-refractivity contribution >= 4 is 11.9 Å². The predicted molar refractivity (Wildman–Crippen MR) is 146 cm³/mol. The molecule has 0 aliphatic carbocycles. The van der Waals surface area contributed by atoms with Gasteiger partial charge in [0.15, 0.2) is 0 Å². The molecule has 38 heavy (non-hydrogen) atoms. The third-order valence-corrected chi connectivity index (χ3v) is 9.20. The standard InChI is InChI=1S/C31H42N3O4/c32-18-8-7-15-28(33)29(35)38-31(23-11-3-1-4-12-23,24-13-5-2-6-14-24)30(36)37-27-21-25-16-17-26(22-27)34(25)19-9-10-20-34/h1-6,11-14,25-28H,7-10,15-22,32-33H2/q+1/t25?,26?,27?,28-/m0/s1. The van der Waals surface area contributed by atoms with Crippen molar-refractivity contribution in [1.82, 2.24) is 0 Å². The first-order valence-corrected chi connectivity index (χ1v) is 14.4. The number of carbonyl (C=O) groups is 2. The Bertz CT molecular complexity index is 1030. The van der Waals surface area contributed by atoms with Gasteiger partial charge < -0.3 is 25.4 Å². The number of piperidine rings is 1. The number of esters is 2. The van der Waals surface area contributed by atoms with Gasteiger partial charge in [0.2, 0.25) is 0 Å². The van der Waals surface area contributed by atoms with E-state index in [-0.39, 0.29) is 6.10 Å². The molecule has 2 aromatic rings. The maximum atomic E-state index is 14.3. The number of benzene rings is 2. The topological polar surface area (TPSA) is 105 Å². The highest BCUT2D eigenvalue weighted by Crippen LogP contribution is 2.47. The number of hydrogen-bond acceptors (Lipinski definition) is 6. The third-order valence-electron chi connectivity index (χ3n) is 9.20. The number of nitrogens with two attached hydrogens (primary N) is 2. The minimum absolute atomic E-state index is 0.187. The molecule has 4 N–H and O–H groups in total. The van der Waals surface area contributed by atoms with Crippen LogP contribution in [0.15, 0.2) is 60.7 Å². The number of nitrogens with zero attached hydrogens (tertiary/aromatic N) is 1. The molecule has 7 nitrogen and oxygen atoms in total. The fourth-order valence-electron chi connectivity index (χ4n) is 7.30. The van der Waals surface area contributed by atoms with E-state index in [9.17, 15) is 9.59 Å². The van der Waals surface area contributed by atoms with Gasteiger partial charge in [0, 0.05) is 49.7 Å². The predicted octanol–water partition coefficient (Wildman–Crippen LogP) is 3.78. The van der Waals surface area contributed by atoms with Crippen molar-refractivity contribution in [3.05, 3.63) is 71.8 Å². The van der Waals surface area contributed by atoms with Crippen molar-refractivity contribution in [2.45, 2.75) is 87.6 Å². The molecule has 0 aromatic heterocycles. The summed E-state index contributed by atoms with van der Waals surface area (Å²) in [6.07, 6.45) is 8.48. The molecule has 3 atom stereocenters. The maximum absolute atomic E-state index is 14.3. The smallest absolute Gasteiger partial charge is 0.360 e. The van der Waals surface area contributed by atoms with Crippen LogP contribution >= 0.6 is 0 Å². The zero-order valence-electron chi connectivity index (χ0n) is 22.3. The SMILES string of the molecule is NCCCC[C@H](N)C(=O)OC(C(=O)OC1CC2CCC(C1)[N+]21CCCC1)(c1ccccc1)c1ccccc1. The molecule has 2 bridgehead atoms. The van der Waals surface area contributed by atoms with E-state index < -0.39 is 23.6 Å². The molecule has 2 aromatic carbocycles. The van der Waals surface area contributed by atoms with E-state index >= 15 is 0 Å². The monoisotopic (exact) mass is 520 g/mol. The van der Waals surface area contributed by atoms with Crippen molar-refractivity contribution in [2.75, 3.05) is 19.6 Å². The van der Waals surface area contributed by atoms with Gasteiger partial charge in [0.05, 0.1) is 25.2 Å². The molecule has 3 fully saturated rings. The fourth-order valence-corrected chi connectivity index (χ4v) is 7.30. The first-order valence-electron chi connectivity index (χ1n) is 14.4. The van der Waals surface area contributed by atoms with E-state index in [1.54, 1.807) is 0 Å². The minimum atomic E-state index is -1.73.